The Balaban J connectivity index is 1.70. The van der Waals surface area contributed by atoms with Crippen LogP contribution in [0.1, 0.15) is 33.4 Å². The first-order valence-electron chi connectivity index (χ1n) is 11.9. The molecule has 1 aliphatic carbocycles. The van der Waals surface area contributed by atoms with Gasteiger partial charge in [-0.05, 0) is 105 Å². The van der Waals surface area contributed by atoms with Crippen LogP contribution in [-0.4, -0.2) is 6.21 Å². The highest BCUT2D eigenvalue weighted by molar-refractivity contribution is 6.11. The third-order valence-corrected chi connectivity index (χ3v) is 7.70. The van der Waals surface area contributed by atoms with E-state index in [1.807, 2.05) is 0 Å². The van der Waals surface area contributed by atoms with E-state index in [0.29, 0.717) is 0 Å². The zero-order chi connectivity index (χ0) is 23.4. The smallest absolute Gasteiger partial charge is 0.0263 e. The maximum atomic E-state index is 8.57. The molecule has 0 spiro atoms. The van der Waals surface area contributed by atoms with Crippen LogP contribution < -0.4 is 0 Å². The van der Waals surface area contributed by atoms with E-state index in [1.54, 1.807) is 6.21 Å². The number of rotatable bonds is 3. The minimum Gasteiger partial charge on any atom is -0.308 e. The molecule has 1 nitrogen and oxygen atoms in total. The van der Waals surface area contributed by atoms with Gasteiger partial charge in [-0.1, -0.05) is 78.9 Å². The Morgan fingerprint density at radius 3 is 2.18 bits per heavy atom. The van der Waals surface area contributed by atoms with Crippen LogP contribution in [0.2, 0.25) is 0 Å². The van der Waals surface area contributed by atoms with Crippen molar-refractivity contribution in [1.29, 1.82) is 5.41 Å². The van der Waals surface area contributed by atoms with Crippen molar-refractivity contribution >= 4 is 17.0 Å². The Morgan fingerprint density at radius 2 is 1.35 bits per heavy atom. The SMILES string of the molecule is Cc1ccc(-c2c(C=N)c(-c3cccc4c3Cc3ccccc3-4)cc3ccccc23)c(C)c1C. The summed E-state index contributed by atoms with van der Waals surface area (Å²) >= 11 is 0. The summed E-state index contributed by atoms with van der Waals surface area (Å²) in [5.74, 6) is 0. The number of hydrogen-bond donors (Lipinski definition) is 1. The molecule has 0 saturated carbocycles. The predicted octanol–water partition coefficient (Wildman–Crippen LogP) is 8.67. The van der Waals surface area contributed by atoms with Crippen molar-refractivity contribution in [1.82, 2.24) is 0 Å². The molecule has 164 valence electrons. The quantitative estimate of drug-likeness (QED) is 0.268. The molecule has 0 heterocycles. The van der Waals surface area contributed by atoms with Crippen molar-refractivity contribution in [3.63, 3.8) is 0 Å². The molecule has 1 aliphatic rings. The van der Waals surface area contributed by atoms with Crippen molar-refractivity contribution in [3.8, 4) is 33.4 Å². The van der Waals surface area contributed by atoms with E-state index in [9.17, 15) is 0 Å². The van der Waals surface area contributed by atoms with Crippen LogP contribution in [0.15, 0.2) is 84.9 Å². The second-order valence-corrected chi connectivity index (χ2v) is 9.42. The van der Waals surface area contributed by atoms with Gasteiger partial charge in [-0.15, -0.1) is 0 Å². The second-order valence-electron chi connectivity index (χ2n) is 9.42. The van der Waals surface area contributed by atoms with Crippen LogP contribution in [0, 0.1) is 26.2 Å². The fraction of sp³-hybridized carbons (Fsp3) is 0.121. The topological polar surface area (TPSA) is 23.9 Å². The third-order valence-electron chi connectivity index (χ3n) is 7.70. The average Bonchev–Trinajstić information content (AvgIpc) is 3.25. The van der Waals surface area contributed by atoms with Gasteiger partial charge in [-0.2, -0.15) is 0 Å². The summed E-state index contributed by atoms with van der Waals surface area (Å²) in [7, 11) is 0. The van der Waals surface area contributed by atoms with Crippen molar-refractivity contribution in [3.05, 3.63) is 118 Å². The Morgan fingerprint density at radius 1 is 0.647 bits per heavy atom. The fourth-order valence-electron chi connectivity index (χ4n) is 5.66. The molecule has 0 unspecified atom stereocenters. The van der Waals surface area contributed by atoms with Gasteiger partial charge in [0, 0.05) is 11.8 Å². The number of fused-ring (bicyclic) bond motifs is 4. The maximum absolute atomic E-state index is 8.57. The number of nitrogens with one attached hydrogen (secondary N) is 1. The highest BCUT2D eigenvalue weighted by Gasteiger charge is 2.24. The second kappa shape index (κ2) is 7.81. The van der Waals surface area contributed by atoms with Crippen molar-refractivity contribution in [2.45, 2.75) is 27.2 Å². The number of aryl methyl sites for hydroxylation is 1. The molecule has 0 amide bonds. The minimum absolute atomic E-state index is 0.934. The molecule has 0 bridgehead atoms. The predicted molar refractivity (Wildman–Crippen MR) is 145 cm³/mol. The van der Waals surface area contributed by atoms with Crippen molar-refractivity contribution < 1.29 is 0 Å². The van der Waals surface area contributed by atoms with Crippen molar-refractivity contribution in [2.24, 2.45) is 0 Å². The Labute approximate surface area is 201 Å². The van der Waals surface area contributed by atoms with E-state index >= 15 is 0 Å². The Bertz CT molecular complexity index is 1620. The van der Waals surface area contributed by atoms with Gasteiger partial charge >= 0.3 is 0 Å². The summed E-state index contributed by atoms with van der Waals surface area (Å²) < 4.78 is 0. The summed E-state index contributed by atoms with van der Waals surface area (Å²) in [6.45, 7) is 6.58. The summed E-state index contributed by atoms with van der Waals surface area (Å²) in [6.07, 6.45) is 2.50. The fourth-order valence-corrected chi connectivity index (χ4v) is 5.66. The lowest BCUT2D eigenvalue weighted by atomic mass is 9.83. The standard InChI is InChI=1S/C33H27N/c1-20-15-16-25(22(3)21(20)2)33-27-12-7-5-10-24(27)18-31(32(33)19-34)29-14-8-13-28-26-11-6-4-9-23(26)17-30(28)29/h4-16,18-19,34H,17H2,1-3H3. The number of hydrogen-bond acceptors (Lipinski definition) is 1. The highest BCUT2D eigenvalue weighted by Crippen LogP contribution is 2.45. The van der Waals surface area contributed by atoms with Crippen LogP contribution in [0.3, 0.4) is 0 Å². The summed E-state index contributed by atoms with van der Waals surface area (Å²) in [5, 5.41) is 11.0. The maximum Gasteiger partial charge on any atom is 0.0263 e. The van der Waals surface area contributed by atoms with Gasteiger partial charge in [0.2, 0.25) is 0 Å². The Kier molecular flexibility index (Phi) is 4.74. The summed E-state index contributed by atoms with van der Waals surface area (Å²) in [6, 6.07) is 30.7. The Hall–Kier alpha value is -3.97. The van der Waals surface area contributed by atoms with Crippen LogP contribution in [-0.2, 0) is 6.42 Å². The first-order valence-corrected chi connectivity index (χ1v) is 11.9. The molecule has 0 atom stereocenters. The zero-order valence-corrected chi connectivity index (χ0v) is 19.9. The van der Waals surface area contributed by atoms with E-state index in [2.05, 4.69) is 106 Å². The average molecular weight is 438 g/mol. The molecule has 6 rings (SSSR count). The lowest BCUT2D eigenvalue weighted by Crippen LogP contribution is -2.00. The molecule has 1 N–H and O–H groups in total. The van der Waals surface area contributed by atoms with Gasteiger partial charge in [-0.3, -0.25) is 0 Å². The number of benzene rings is 5. The van der Waals surface area contributed by atoms with E-state index in [1.165, 1.54) is 60.8 Å². The minimum atomic E-state index is 0.934. The third kappa shape index (κ3) is 2.97. The van der Waals surface area contributed by atoms with Gasteiger partial charge in [0.15, 0.2) is 0 Å². The van der Waals surface area contributed by atoms with Gasteiger partial charge in [0.1, 0.15) is 0 Å². The van der Waals surface area contributed by atoms with Crippen LogP contribution >= 0.6 is 0 Å². The lowest BCUT2D eigenvalue weighted by Gasteiger charge is -2.20. The first kappa shape index (κ1) is 20.6. The summed E-state index contributed by atoms with van der Waals surface area (Å²) in [4.78, 5) is 0. The van der Waals surface area contributed by atoms with E-state index in [-0.39, 0.29) is 0 Å². The molecule has 0 fully saturated rings. The van der Waals surface area contributed by atoms with Gasteiger partial charge in [0.25, 0.3) is 0 Å². The molecular formula is C33H27N. The monoisotopic (exact) mass is 437 g/mol. The van der Waals surface area contributed by atoms with E-state index in [4.69, 9.17) is 5.41 Å². The van der Waals surface area contributed by atoms with Crippen molar-refractivity contribution in [2.75, 3.05) is 0 Å². The molecule has 5 aromatic carbocycles. The lowest BCUT2D eigenvalue weighted by molar-refractivity contribution is 1.26. The summed E-state index contributed by atoms with van der Waals surface area (Å²) in [5.41, 5.74) is 15.1. The van der Waals surface area contributed by atoms with Gasteiger partial charge in [-0.25, -0.2) is 0 Å². The van der Waals surface area contributed by atoms with Gasteiger partial charge < -0.3 is 5.41 Å². The van der Waals surface area contributed by atoms with E-state index < -0.39 is 0 Å². The normalized spacial score (nSPS) is 12.0. The van der Waals surface area contributed by atoms with Crippen LogP contribution in [0.25, 0.3) is 44.2 Å². The molecule has 34 heavy (non-hydrogen) atoms. The van der Waals surface area contributed by atoms with Crippen LogP contribution in [0.5, 0.6) is 0 Å². The molecular weight excluding hydrogens is 410 g/mol. The molecule has 5 aromatic rings. The van der Waals surface area contributed by atoms with Crippen LogP contribution in [0.4, 0.5) is 0 Å². The van der Waals surface area contributed by atoms with E-state index in [0.717, 1.165) is 23.1 Å². The zero-order valence-electron chi connectivity index (χ0n) is 19.9. The molecule has 0 radical (unpaired) electrons. The molecule has 0 saturated heterocycles. The molecule has 1 heteroatoms. The highest BCUT2D eigenvalue weighted by atomic mass is 14.4. The molecule has 0 aromatic heterocycles. The first-order chi connectivity index (χ1) is 16.6. The molecule has 0 aliphatic heterocycles. The largest absolute Gasteiger partial charge is 0.308 e. The van der Waals surface area contributed by atoms with Gasteiger partial charge in [0.05, 0.1) is 0 Å².